The number of hydrazone groups is 3. The summed E-state index contributed by atoms with van der Waals surface area (Å²) in [7, 11) is -4.28. The molecule has 21 nitrogen and oxygen atoms in total. The molecule has 40 heteroatoms. The number of aliphatic hydroxyl groups is 9. The van der Waals surface area contributed by atoms with E-state index in [1.807, 2.05) is 118 Å². The van der Waals surface area contributed by atoms with Crippen molar-refractivity contribution in [2.45, 2.75) is 526 Å². The molecule has 0 spiro atoms. The molecule has 863 valence electrons. The molecule has 7 unspecified atom stereocenters. The minimum absolute atomic E-state index is 0. The number of hydrogen-bond acceptors (Lipinski definition) is 21. The fourth-order valence-corrected chi connectivity index (χ4v) is 35.2. The number of nitrogens with zero attached hydrogens (tertiary/aromatic N) is 12. The zero-order chi connectivity index (χ0) is 107. The SMILES string of the molecule is C=CC(C)(O)C(CC)=NN(C)C.C=CC(C)(O)C(CC)=N[Si](C)(C)C.CCC(=NN(C)C)C(C)(O)[Si](C)(C)C.CCC(=NN(C)C)C(C)(O)[Si](CC)(CC)CC.CCC(=N[Si](C)(C)C)C(C)(C)O.CCC(=N[Si](C)(C)C)C(C)(O)CC.CCC(=N[Si](C)(C)C)C(C)(O)[Si](C)(C)C.CCC(=N[Si](C)(C)C)C(O)(CC)CC.CCC(=N[Si](CC)(CC)CC)C(C)(O)[Si](CC)(CC)CC.[Co].[Co].[Co].[Co].[Co].[Co].[Co].[Co].[Co]. The molecular weight excluding hydrogens is 2320 g/mol. The first-order valence-electron chi connectivity index (χ1n) is 50.6. The average Bonchev–Trinajstić information content (AvgIpc) is 0.779. The zero-order valence-electron chi connectivity index (χ0n) is 101. The molecule has 0 aromatic carbocycles. The van der Waals surface area contributed by atoms with Crippen LogP contribution in [0.3, 0.4) is 0 Å². The van der Waals surface area contributed by atoms with Gasteiger partial charge in [0.15, 0.2) is 49.4 Å². The maximum atomic E-state index is 11.5. The number of rotatable bonds is 45. The first-order chi connectivity index (χ1) is 58.5. The molecule has 0 saturated heterocycles. The molecule has 0 aliphatic heterocycles. The Labute approximate surface area is 971 Å². The van der Waals surface area contributed by atoms with Gasteiger partial charge in [-0.3, -0.25) is 0 Å². The van der Waals surface area contributed by atoms with E-state index >= 15 is 0 Å². The molecule has 0 bridgehead atoms. The predicted molar refractivity (Wildman–Crippen MR) is 622 cm³/mol. The van der Waals surface area contributed by atoms with E-state index in [4.69, 9.17) is 14.0 Å². The smallest absolute Gasteiger partial charge is 0.180 e. The van der Waals surface area contributed by atoms with Gasteiger partial charge < -0.3 is 88.9 Å². The van der Waals surface area contributed by atoms with Crippen LogP contribution >= 0.6 is 0 Å². The maximum absolute atomic E-state index is 11.5. The zero-order valence-corrected chi connectivity index (χ0v) is 120. The van der Waals surface area contributed by atoms with Crippen molar-refractivity contribution < 1.29 is 197 Å². The fourth-order valence-electron chi connectivity index (χ4n) is 15.1. The summed E-state index contributed by atoms with van der Waals surface area (Å²) in [6.07, 6.45) is 12.8. The van der Waals surface area contributed by atoms with E-state index in [2.05, 4.69) is 284 Å². The largest absolute Gasteiger partial charge is 0.388 e. The molecular formula is C100H228Co9N12O9Si10. The summed E-state index contributed by atoms with van der Waals surface area (Å²) in [5.41, 5.74) is 4.42. The summed E-state index contributed by atoms with van der Waals surface area (Å²) in [6.45, 7) is 115. The van der Waals surface area contributed by atoms with Gasteiger partial charge in [-0.1, -0.05) is 246 Å². The van der Waals surface area contributed by atoms with Crippen LogP contribution in [0, 0.1) is 0 Å². The minimum Gasteiger partial charge on any atom is -0.388 e. The Balaban J connectivity index is -0.0000000745. The van der Waals surface area contributed by atoms with Crippen LogP contribution in [0.15, 0.2) is 68.6 Å². The third kappa shape index (κ3) is 72.1. The Bertz CT molecular complexity index is 3440. The minimum atomic E-state index is -1.72. The molecule has 0 fully saturated rings. The van der Waals surface area contributed by atoms with Crippen LogP contribution in [0.25, 0.3) is 0 Å². The molecule has 0 saturated carbocycles. The summed E-state index contributed by atoms with van der Waals surface area (Å²) in [6, 6.07) is 10.3. The average molecular weight is 2550 g/mol. The Morgan fingerprint density at radius 2 is 0.436 bits per heavy atom. The number of hydrogen-bond donors (Lipinski definition) is 9. The second-order valence-corrected chi connectivity index (χ2v) is 94.8. The van der Waals surface area contributed by atoms with Crippen LogP contribution in [0.2, 0.25) is 192 Å². The molecule has 0 aliphatic carbocycles. The van der Waals surface area contributed by atoms with Crippen molar-refractivity contribution in [2.24, 2.45) is 43.3 Å². The van der Waals surface area contributed by atoms with Crippen LogP contribution in [-0.4, -0.2) is 285 Å². The van der Waals surface area contributed by atoms with Gasteiger partial charge in [-0.15, -0.1) is 0 Å². The van der Waals surface area contributed by atoms with Crippen molar-refractivity contribution in [3.8, 4) is 0 Å². The van der Waals surface area contributed by atoms with Crippen LogP contribution in [0.1, 0.15) is 285 Å². The van der Waals surface area contributed by atoms with Gasteiger partial charge in [-0.25, -0.2) is 0 Å². The third-order valence-electron chi connectivity index (χ3n) is 25.7. The monoisotopic (exact) mass is 2550 g/mol. The first-order valence-corrected chi connectivity index (χ1v) is 82.6. The molecule has 140 heavy (non-hydrogen) atoms. The van der Waals surface area contributed by atoms with Crippen molar-refractivity contribution in [2.75, 3.05) is 42.3 Å². The van der Waals surface area contributed by atoms with Crippen LogP contribution in [-0.2, 0) is 151 Å². The Hall–Kier alpha value is 2.28. The summed E-state index contributed by atoms with van der Waals surface area (Å²) < 4.78 is 28.7. The van der Waals surface area contributed by atoms with Crippen LogP contribution < -0.4 is 0 Å². The normalized spacial score (nSPS) is 16.0. The standard InChI is InChI=1S/C17H39NOSi2.C13H30N2OSi.C11H27NOSi2.C11H25NOSi.C10H24N2OSi.C10H23NOSi.C10H21NOSi.C9H18N2O.C9H21NOSi.9Co/c1-9-16(18-21(13-5,14-6)15-7)17(8,19)20(10-2,11-3)12-4;1-8-12(14-15(6)7)13(5,16)17(9-2,10-3)11-4;1-9-10(12-15(6,7)8)11(2,13)14(3,4)5;1-7-10(12-14(4,5)6)11(13,8-2)9-3;1-8-9(11-12(3)4)10(2,13)14(5,6)7;2*1-7-9(10(3,12)8-2)11-13(4,5)6;1-6-8(10-11(4)5)9(3,12)7-2;1-7-8(9(2,3)11)10-12(4,5)6;;;;;;;;;/h19H,9-15H2,1-8H3;16H,8-11H2,1-7H3;13H,9H2,1-8H3;13H,7-9H2,1-6H3;13H,8H2,1-7H3;12H,7-8H2,1-6H3;8,12H,2,7H2,1,3-6H3;7,12H,2,6H2,1,3-5H3;11H,7H2,1-6H3;;;;;;;;;. The van der Waals surface area contributed by atoms with Crippen molar-refractivity contribution in [3.05, 3.63) is 25.3 Å². The Morgan fingerprint density at radius 1 is 0.243 bits per heavy atom. The first kappa shape index (κ1) is 184. The van der Waals surface area contributed by atoms with Gasteiger partial charge in [0, 0.05) is 228 Å². The van der Waals surface area contributed by atoms with Crippen molar-refractivity contribution in [1.82, 2.24) is 15.0 Å². The van der Waals surface area contributed by atoms with Gasteiger partial charge in [-0.05, 0) is 256 Å². The Morgan fingerprint density at radius 3 is 0.621 bits per heavy atom. The molecule has 0 aromatic rings. The third-order valence-corrected chi connectivity index (χ3v) is 54.3. The van der Waals surface area contributed by atoms with Gasteiger partial charge in [0.05, 0.1) is 81.5 Å². The van der Waals surface area contributed by atoms with Crippen molar-refractivity contribution in [3.63, 3.8) is 0 Å². The molecule has 0 aromatic heterocycles. The molecule has 0 rings (SSSR count). The van der Waals surface area contributed by atoms with Gasteiger partial charge >= 0.3 is 0 Å². The van der Waals surface area contributed by atoms with E-state index < -0.39 is 131 Å². The van der Waals surface area contributed by atoms with E-state index in [-0.39, 0.29) is 151 Å². The van der Waals surface area contributed by atoms with Gasteiger partial charge in [0.1, 0.15) is 16.8 Å². The van der Waals surface area contributed by atoms with Gasteiger partial charge in [0.2, 0.25) is 0 Å². The summed E-state index contributed by atoms with van der Waals surface area (Å²) in [5.74, 6) is 0. The molecule has 7 atom stereocenters. The quantitative estimate of drug-likeness (QED) is 0.0119. The van der Waals surface area contributed by atoms with Crippen molar-refractivity contribution in [1.29, 1.82) is 0 Å². The predicted octanol–water partition coefficient (Wildman–Crippen LogP) is 26.3. The second-order valence-electron chi connectivity index (χ2n) is 45.0. The molecule has 0 heterocycles. The molecule has 9 radical (unpaired) electrons. The van der Waals surface area contributed by atoms with Gasteiger partial charge in [0.25, 0.3) is 0 Å². The molecule has 9 N–H and O–H groups in total. The maximum Gasteiger partial charge on any atom is 0.180 e. The van der Waals surface area contributed by atoms with Crippen molar-refractivity contribution >= 4 is 133 Å². The van der Waals surface area contributed by atoms with E-state index in [1.165, 1.54) is 24.2 Å². The molecule has 0 aliphatic rings. The fraction of sp³-hybridized carbons (Fsp3) is 0.870. The Kier molecular flexibility index (Phi) is 108. The van der Waals surface area contributed by atoms with Crippen LogP contribution in [0.5, 0.6) is 0 Å². The van der Waals surface area contributed by atoms with E-state index in [1.54, 1.807) is 48.8 Å². The van der Waals surface area contributed by atoms with E-state index in [9.17, 15) is 46.0 Å². The van der Waals surface area contributed by atoms with Gasteiger partial charge in [-0.2, -0.15) is 15.3 Å². The summed E-state index contributed by atoms with van der Waals surface area (Å²) in [5, 5.41) is 109. The van der Waals surface area contributed by atoms with Crippen LogP contribution in [0.4, 0.5) is 0 Å². The summed E-state index contributed by atoms with van der Waals surface area (Å²) >= 11 is 0. The topological polar surface area (TPSA) is 303 Å². The second kappa shape index (κ2) is 81.9. The summed E-state index contributed by atoms with van der Waals surface area (Å²) in [4.78, 5) is 0. The van der Waals surface area contributed by atoms with E-state index in [0.717, 1.165) is 165 Å². The van der Waals surface area contributed by atoms with E-state index in [0.29, 0.717) is 0 Å². The molecule has 0 amide bonds.